The van der Waals surface area contributed by atoms with E-state index < -0.39 is 0 Å². The molecule has 0 aliphatic carbocycles. The highest BCUT2D eigenvalue weighted by Gasteiger charge is 2.09. The van der Waals surface area contributed by atoms with Crippen LogP contribution < -0.4 is 10.6 Å². The van der Waals surface area contributed by atoms with Crippen LogP contribution in [0.2, 0.25) is 0 Å². The van der Waals surface area contributed by atoms with E-state index in [9.17, 15) is 9.59 Å². The van der Waals surface area contributed by atoms with Gasteiger partial charge in [0, 0.05) is 6.20 Å². The second kappa shape index (κ2) is 6.80. The minimum Gasteiger partial charge on any atom is -0.319 e. The molecule has 2 amide bonds. The Bertz CT molecular complexity index is 802. The molecule has 23 heavy (non-hydrogen) atoms. The quantitative estimate of drug-likeness (QED) is 0.772. The molecule has 2 N–H and O–H groups in total. The van der Waals surface area contributed by atoms with Crippen LogP contribution >= 0.6 is 11.3 Å². The molecule has 0 aromatic carbocycles. The second-order valence-corrected chi connectivity index (χ2v) is 5.48. The third kappa shape index (κ3) is 3.78. The van der Waals surface area contributed by atoms with Crippen molar-refractivity contribution in [3.63, 3.8) is 0 Å². The van der Waals surface area contributed by atoms with Crippen LogP contribution in [-0.2, 0) is 0 Å². The van der Waals surface area contributed by atoms with Crippen molar-refractivity contribution in [2.75, 3.05) is 10.6 Å². The number of hydrogen-bond acceptors (Lipinski definition) is 5. The van der Waals surface area contributed by atoms with Gasteiger partial charge >= 0.3 is 0 Å². The number of carbonyl (C=O) groups excluding carboxylic acids is 2. The molecule has 6 nitrogen and oxygen atoms in total. The SMILES string of the molecule is O=C(Nc1ccc(NC(=O)c2cccs2)nc1)c1ccccn1. The van der Waals surface area contributed by atoms with Crippen molar-refractivity contribution in [3.05, 3.63) is 70.8 Å². The van der Waals surface area contributed by atoms with Gasteiger partial charge in [0.2, 0.25) is 0 Å². The molecule has 0 atom stereocenters. The standard InChI is InChI=1S/C16H12N4O2S/c21-15(12-4-1-2-8-17-12)19-11-6-7-14(18-10-11)20-16(22)13-5-3-9-23-13/h1-10H,(H,19,21)(H,18,20,22). The van der Waals surface area contributed by atoms with E-state index in [0.717, 1.165) is 0 Å². The van der Waals surface area contributed by atoms with Crippen LogP contribution in [0.5, 0.6) is 0 Å². The fourth-order valence-electron chi connectivity index (χ4n) is 1.82. The van der Waals surface area contributed by atoms with E-state index in [1.54, 1.807) is 42.6 Å². The summed E-state index contributed by atoms with van der Waals surface area (Å²) in [5.41, 5.74) is 0.845. The summed E-state index contributed by atoms with van der Waals surface area (Å²) in [6.45, 7) is 0. The van der Waals surface area contributed by atoms with Crippen molar-refractivity contribution >= 4 is 34.7 Å². The van der Waals surface area contributed by atoms with E-state index >= 15 is 0 Å². The number of thiophene rings is 1. The molecule has 0 radical (unpaired) electrons. The fraction of sp³-hybridized carbons (Fsp3) is 0. The molecular weight excluding hydrogens is 312 g/mol. The monoisotopic (exact) mass is 324 g/mol. The van der Waals surface area contributed by atoms with E-state index in [-0.39, 0.29) is 11.8 Å². The second-order valence-electron chi connectivity index (χ2n) is 4.53. The van der Waals surface area contributed by atoms with Crippen molar-refractivity contribution in [2.45, 2.75) is 0 Å². The van der Waals surface area contributed by atoms with E-state index in [1.165, 1.54) is 17.5 Å². The lowest BCUT2D eigenvalue weighted by atomic mass is 10.3. The van der Waals surface area contributed by atoms with Crippen LogP contribution in [0, 0.1) is 0 Å². The highest BCUT2D eigenvalue weighted by Crippen LogP contribution is 2.14. The smallest absolute Gasteiger partial charge is 0.274 e. The molecule has 3 heterocycles. The molecule has 7 heteroatoms. The molecule has 0 aliphatic rings. The molecule has 0 aliphatic heterocycles. The van der Waals surface area contributed by atoms with Crippen molar-refractivity contribution in [3.8, 4) is 0 Å². The van der Waals surface area contributed by atoms with Crippen LogP contribution in [0.15, 0.2) is 60.2 Å². The summed E-state index contributed by atoms with van der Waals surface area (Å²) in [5, 5.41) is 7.22. The summed E-state index contributed by atoms with van der Waals surface area (Å²) < 4.78 is 0. The molecule has 0 saturated carbocycles. The molecule has 0 fully saturated rings. The average molecular weight is 324 g/mol. The zero-order valence-corrected chi connectivity index (χ0v) is 12.7. The Morgan fingerprint density at radius 1 is 0.913 bits per heavy atom. The molecule has 114 valence electrons. The van der Waals surface area contributed by atoms with Crippen molar-refractivity contribution in [1.29, 1.82) is 0 Å². The summed E-state index contributed by atoms with van der Waals surface area (Å²) in [7, 11) is 0. The van der Waals surface area contributed by atoms with Crippen molar-refractivity contribution in [1.82, 2.24) is 9.97 Å². The number of nitrogens with one attached hydrogen (secondary N) is 2. The minimum atomic E-state index is -0.317. The summed E-state index contributed by atoms with van der Waals surface area (Å²) in [4.78, 5) is 32.6. The Morgan fingerprint density at radius 3 is 2.48 bits per heavy atom. The van der Waals surface area contributed by atoms with E-state index in [4.69, 9.17) is 0 Å². The number of carbonyl (C=O) groups is 2. The summed E-state index contributed by atoms with van der Waals surface area (Å²) >= 11 is 1.36. The Balaban J connectivity index is 1.63. The van der Waals surface area contributed by atoms with Crippen molar-refractivity contribution < 1.29 is 9.59 Å². The van der Waals surface area contributed by atoms with Gasteiger partial charge in [-0.25, -0.2) is 4.98 Å². The molecule has 0 saturated heterocycles. The number of rotatable bonds is 4. The number of nitrogens with zero attached hydrogens (tertiary/aromatic N) is 2. The number of anilines is 2. The first-order valence-corrected chi connectivity index (χ1v) is 7.63. The van der Waals surface area contributed by atoms with E-state index in [1.807, 2.05) is 11.4 Å². The van der Waals surface area contributed by atoms with E-state index in [0.29, 0.717) is 22.1 Å². The summed E-state index contributed by atoms with van der Waals surface area (Å²) in [6.07, 6.45) is 3.03. The minimum absolute atomic E-state index is 0.210. The maximum atomic E-state index is 12.0. The van der Waals surface area contributed by atoms with Crippen LogP contribution in [0.4, 0.5) is 11.5 Å². The Morgan fingerprint density at radius 2 is 1.83 bits per heavy atom. The Kier molecular flexibility index (Phi) is 4.39. The van der Waals surface area contributed by atoms with Crippen LogP contribution in [-0.4, -0.2) is 21.8 Å². The zero-order chi connectivity index (χ0) is 16.1. The summed E-state index contributed by atoms with van der Waals surface area (Å²) in [5.74, 6) is -0.111. The number of pyridine rings is 2. The van der Waals surface area contributed by atoms with Gasteiger partial charge in [-0.1, -0.05) is 12.1 Å². The van der Waals surface area contributed by atoms with Crippen LogP contribution in [0.1, 0.15) is 20.2 Å². The largest absolute Gasteiger partial charge is 0.319 e. The molecule has 3 rings (SSSR count). The van der Waals surface area contributed by atoms with Gasteiger partial charge in [0.25, 0.3) is 11.8 Å². The average Bonchev–Trinajstić information content (AvgIpc) is 3.12. The maximum absolute atomic E-state index is 12.0. The highest BCUT2D eigenvalue weighted by molar-refractivity contribution is 7.12. The van der Waals surface area contributed by atoms with Crippen LogP contribution in [0.3, 0.4) is 0 Å². The van der Waals surface area contributed by atoms with Gasteiger partial charge in [-0.2, -0.15) is 0 Å². The van der Waals surface area contributed by atoms with Gasteiger partial charge in [0.1, 0.15) is 11.5 Å². The Hall–Kier alpha value is -3.06. The highest BCUT2D eigenvalue weighted by atomic mass is 32.1. The normalized spacial score (nSPS) is 10.1. The molecule has 0 bridgehead atoms. The number of hydrogen-bond donors (Lipinski definition) is 2. The van der Waals surface area contributed by atoms with E-state index in [2.05, 4.69) is 20.6 Å². The number of amides is 2. The molecule has 3 aromatic heterocycles. The number of aromatic nitrogens is 2. The molecule has 0 unspecified atom stereocenters. The van der Waals surface area contributed by atoms with Crippen molar-refractivity contribution in [2.24, 2.45) is 0 Å². The molecular formula is C16H12N4O2S. The predicted molar refractivity (Wildman–Crippen MR) is 88.7 cm³/mol. The first-order chi connectivity index (χ1) is 11.2. The Labute approximate surface area is 136 Å². The van der Waals surface area contributed by atoms with Gasteiger partial charge in [0.15, 0.2) is 0 Å². The predicted octanol–water partition coefficient (Wildman–Crippen LogP) is 3.04. The third-order valence-electron chi connectivity index (χ3n) is 2.91. The first kappa shape index (κ1) is 14.9. The van der Waals surface area contributed by atoms with Crippen LogP contribution in [0.25, 0.3) is 0 Å². The summed E-state index contributed by atoms with van der Waals surface area (Å²) in [6, 6.07) is 11.9. The molecule has 3 aromatic rings. The topological polar surface area (TPSA) is 84.0 Å². The lowest BCUT2D eigenvalue weighted by Gasteiger charge is -2.06. The lowest BCUT2D eigenvalue weighted by molar-refractivity contribution is 0.101. The fourth-order valence-corrected chi connectivity index (χ4v) is 2.44. The maximum Gasteiger partial charge on any atom is 0.274 e. The molecule has 0 spiro atoms. The van der Waals surface area contributed by atoms with Gasteiger partial charge in [0.05, 0.1) is 16.8 Å². The first-order valence-electron chi connectivity index (χ1n) is 6.76. The zero-order valence-electron chi connectivity index (χ0n) is 11.9. The van der Waals surface area contributed by atoms with Gasteiger partial charge in [-0.3, -0.25) is 14.6 Å². The van der Waals surface area contributed by atoms with Gasteiger partial charge in [-0.05, 0) is 35.7 Å². The lowest BCUT2D eigenvalue weighted by Crippen LogP contribution is -2.14. The van der Waals surface area contributed by atoms with Gasteiger partial charge in [-0.15, -0.1) is 11.3 Å². The third-order valence-corrected chi connectivity index (χ3v) is 3.77. The van der Waals surface area contributed by atoms with Gasteiger partial charge < -0.3 is 10.6 Å².